The molecule has 1 aromatic heterocycles. The third kappa shape index (κ3) is 4.83. The average molecular weight is 454 g/mol. The topological polar surface area (TPSA) is 106 Å². The summed E-state index contributed by atoms with van der Waals surface area (Å²) in [6, 6.07) is 6.44. The van der Waals surface area contributed by atoms with Gasteiger partial charge in [0.2, 0.25) is 20.0 Å². The van der Waals surface area contributed by atoms with Crippen molar-refractivity contribution in [2.75, 3.05) is 26.7 Å². The Morgan fingerprint density at radius 3 is 2.40 bits per heavy atom. The zero-order valence-electron chi connectivity index (χ0n) is 17.3. The number of nitrogens with one attached hydrogen (secondary N) is 1. The summed E-state index contributed by atoms with van der Waals surface area (Å²) in [4.78, 5) is 4.17. The van der Waals surface area contributed by atoms with E-state index in [9.17, 15) is 16.8 Å². The molecule has 0 atom stereocenters. The van der Waals surface area contributed by atoms with E-state index < -0.39 is 20.0 Å². The minimum atomic E-state index is -3.74. The van der Waals surface area contributed by atoms with E-state index >= 15 is 0 Å². The fraction of sp³-hybridized carbons (Fsp3) is 0.450. The maximum absolute atomic E-state index is 12.8. The third-order valence-corrected chi connectivity index (χ3v) is 8.80. The molecule has 8 nitrogen and oxygen atoms in total. The Kier molecular flexibility index (Phi) is 6.81. The fourth-order valence-electron chi connectivity index (χ4n) is 3.44. The molecular weight excluding hydrogens is 426 g/mol. The lowest BCUT2D eigenvalue weighted by molar-refractivity contribution is 0.274. The summed E-state index contributed by atoms with van der Waals surface area (Å²) in [5.74, 6) is 0.362. The molecule has 3 rings (SSSR count). The SMILES string of the molecule is COc1cc(C)c(C)cc1S(=O)(=O)NCC1CCN(S(=O)(=O)c2cccnc2)CC1. The van der Waals surface area contributed by atoms with Crippen LogP contribution in [0.1, 0.15) is 24.0 Å². The Morgan fingerprint density at radius 1 is 1.13 bits per heavy atom. The lowest BCUT2D eigenvalue weighted by atomic mass is 9.99. The van der Waals surface area contributed by atoms with Gasteiger partial charge in [-0.1, -0.05) is 0 Å². The Bertz CT molecular complexity index is 1090. The molecule has 1 aliphatic rings. The molecule has 30 heavy (non-hydrogen) atoms. The number of hydrogen-bond donors (Lipinski definition) is 1. The number of sulfonamides is 2. The summed E-state index contributed by atoms with van der Waals surface area (Å²) in [6.07, 6.45) is 4.02. The van der Waals surface area contributed by atoms with E-state index in [4.69, 9.17) is 4.74 Å². The highest BCUT2D eigenvalue weighted by molar-refractivity contribution is 7.89. The smallest absolute Gasteiger partial charge is 0.244 e. The van der Waals surface area contributed by atoms with Crippen LogP contribution in [0.25, 0.3) is 0 Å². The summed E-state index contributed by atoms with van der Waals surface area (Å²) in [6.45, 7) is 4.69. The predicted octanol–water partition coefficient (Wildman–Crippen LogP) is 2.09. The Morgan fingerprint density at radius 2 is 1.80 bits per heavy atom. The van der Waals surface area contributed by atoms with Crippen LogP contribution < -0.4 is 9.46 Å². The number of benzene rings is 1. The number of hydrogen-bond acceptors (Lipinski definition) is 6. The first-order chi connectivity index (χ1) is 14.1. The van der Waals surface area contributed by atoms with Crippen LogP contribution in [-0.2, 0) is 20.0 Å². The van der Waals surface area contributed by atoms with Gasteiger partial charge in [0, 0.05) is 32.0 Å². The van der Waals surface area contributed by atoms with E-state index in [-0.39, 0.29) is 22.3 Å². The largest absolute Gasteiger partial charge is 0.495 e. The molecular formula is C20H27N3O5S2. The molecule has 2 aromatic rings. The number of ether oxygens (including phenoxy) is 1. The molecule has 164 valence electrons. The van der Waals surface area contributed by atoms with Crippen LogP contribution in [-0.4, -0.2) is 52.9 Å². The van der Waals surface area contributed by atoms with Gasteiger partial charge in [-0.25, -0.2) is 21.6 Å². The molecule has 1 N–H and O–H groups in total. The highest BCUT2D eigenvalue weighted by Crippen LogP contribution is 2.28. The van der Waals surface area contributed by atoms with Gasteiger partial charge in [-0.2, -0.15) is 4.31 Å². The van der Waals surface area contributed by atoms with Gasteiger partial charge < -0.3 is 4.74 Å². The van der Waals surface area contributed by atoms with Gasteiger partial charge in [-0.05, 0) is 68.0 Å². The second-order valence-electron chi connectivity index (χ2n) is 7.48. The highest BCUT2D eigenvalue weighted by Gasteiger charge is 2.30. The molecule has 10 heteroatoms. The van der Waals surface area contributed by atoms with E-state index in [2.05, 4.69) is 9.71 Å². The summed E-state index contributed by atoms with van der Waals surface area (Å²) >= 11 is 0. The zero-order valence-corrected chi connectivity index (χ0v) is 19.0. The number of methoxy groups -OCH3 is 1. The Labute approximate surface area is 178 Å². The van der Waals surface area contributed by atoms with Crippen molar-refractivity contribution in [3.63, 3.8) is 0 Å². The first-order valence-corrected chi connectivity index (χ1v) is 12.6. The summed E-state index contributed by atoms with van der Waals surface area (Å²) in [5, 5.41) is 0. The van der Waals surface area contributed by atoms with Crippen LogP contribution in [0.4, 0.5) is 0 Å². The number of nitrogens with zero attached hydrogens (tertiary/aromatic N) is 2. The van der Waals surface area contributed by atoms with Crippen LogP contribution in [0.5, 0.6) is 5.75 Å². The first kappa shape index (κ1) is 22.7. The second-order valence-corrected chi connectivity index (χ2v) is 11.1. The van der Waals surface area contributed by atoms with Gasteiger partial charge in [0.15, 0.2) is 0 Å². The molecule has 1 aliphatic heterocycles. The molecule has 0 amide bonds. The van der Waals surface area contributed by atoms with Crippen molar-refractivity contribution in [3.8, 4) is 5.75 Å². The van der Waals surface area contributed by atoms with Crippen LogP contribution in [0.15, 0.2) is 46.5 Å². The van der Waals surface area contributed by atoms with Gasteiger partial charge in [-0.15, -0.1) is 0 Å². The van der Waals surface area contributed by atoms with Gasteiger partial charge >= 0.3 is 0 Å². The predicted molar refractivity (Wildman–Crippen MR) is 113 cm³/mol. The van der Waals surface area contributed by atoms with Crippen molar-refractivity contribution >= 4 is 20.0 Å². The van der Waals surface area contributed by atoms with Crippen LogP contribution in [0, 0.1) is 19.8 Å². The van der Waals surface area contributed by atoms with Gasteiger partial charge in [0.05, 0.1) is 7.11 Å². The number of aromatic nitrogens is 1. The lowest BCUT2D eigenvalue weighted by Crippen LogP contribution is -2.41. The summed E-state index contributed by atoms with van der Waals surface area (Å²) in [7, 11) is -5.87. The van der Waals surface area contributed by atoms with Crippen LogP contribution >= 0.6 is 0 Å². The molecule has 0 saturated carbocycles. The average Bonchev–Trinajstić information content (AvgIpc) is 2.74. The molecule has 0 spiro atoms. The van der Waals surface area contributed by atoms with Crippen molar-refractivity contribution in [2.24, 2.45) is 5.92 Å². The van der Waals surface area contributed by atoms with E-state index in [1.807, 2.05) is 13.8 Å². The quantitative estimate of drug-likeness (QED) is 0.688. The number of aryl methyl sites for hydroxylation is 2. The van der Waals surface area contributed by atoms with E-state index in [0.29, 0.717) is 31.7 Å². The van der Waals surface area contributed by atoms with Gasteiger partial charge in [0.25, 0.3) is 0 Å². The summed E-state index contributed by atoms with van der Waals surface area (Å²) < 4.78 is 60.4. The molecule has 0 radical (unpaired) electrons. The number of pyridine rings is 1. The fourth-order valence-corrected chi connectivity index (χ4v) is 6.22. The highest BCUT2D eigenvalue weighted by atomic mass is 32.2. The van der Waals surface area contributed by atoms with Crippen molar-refractivity contribution in [1.82, 2.24) is 14.0 Å². The normalized spacial score (nSPS) is 16.5. The van der Waals surface area contributed by atoms with Crippen molar-refractivity contribution in [2.45, 2.75) is 36.5 Å². The summed E-state index contributed by atoms with van der Waals surface area (Å²) in [5.41, 5.74) is 1.82. The molecule has 0 unspecified atom stereocenters. The zero-order chi connectivity index (χ0) is 21.9. The monoisotopic (exact) mass is 453 g/mol. The number of piperidine rings is 1. The molecule has 0 bridgehead atoms. The third-order valence-electron chi connectivity index (χ3n) is 5.48. The van der Waals surface area contributed by atoms with Gasteiger partial charge in [-0.3, -0.25) is 4.98 Å². The molecule has 1 fully saturated rings. The van der Waals surface area contributed by atoms with Crippen molar-refractivity contribution in [3.05, 3.63) is 47.8 Å². The maximum atomic E-state index is 12.8. The van der Waals surface area contributed by atoms with Gasteiger partial charge in [0.1, 0.15) is 15.5 Å². The van der Waals surface area contributed by atoms with E-state index in [1.165, 1.54) is 29.9 Å². The number of rotatable bonds is 7. The van der Waals surface area contributed by atoms with E-state index in [0.717, 1.165) is 11.1 Å². The lowest BCUT2D eigenvalue weighted by Gasteiger charge is -2.31. The van der Waals surface area contributed by atoms with Crippen LogP contribution in [0.2, 0.25) is 0 Å². The molecule has 1 saturated heterocycles. The minimum Gasteiger partial charge on any atom is -0.495 e. The Hall–Kier alpha value is -2.01. The van der Waals surface area contributed by atoms with Crippen LogP contribution in [0.3, 0.4) is 0 Å². The van der Waals surface area contributed by atoms with Crippen molar-refractivity contribution in [1.29, 1.82) is 0 Å². The second kappa shape index (κ2) is 9.01. The minimum absolute atomic E-state index is 0.0534. The molecule has 1 aromatic carbocycles. The standard InChI is InChI=1S/C20H27N3O5S2/c1-15-11-19(28-3)20(12-16(15)2)29(24,25)22-13-17-6-9-23(10-7-17)30(26,27)18-5-4-8-21-14-18/h4-5,8,11-12,14,17,22H,6-7,9-10,13H2,1-3H3. The van der Waals surface area contributed by atoms with Crippen molar-refractivity contribution < 1.29 is 21.6 Å². The molecule has 2 heterocycles. The molecule has 0 aliphatic carbocycles. The van der Waals surface area contributed by atoms with E-state index in [1.54, 1.807) is 18.2 Å². The Balaban J connectivity index is 1.63. The maximum Gasteiger partial charge on any atom is 0.244 e. The first-order valence-electron chi connectivity index (χ1n) is 9.70.